The number of nitrogens with two attached hydrogens (primary N) is 1. The highest BCUT2D eigenvalue weighted by Gasteiger charge is 2.34. The van der Waals surface area contributed by atoms with Crippen LogP contribution in [0.1, 0.15) is 71.1 Å². The van der Waals surface area contributed by atoms with Crippen LogP contribution in [0, 0.1) is 0 Å². The van der Waals surface area contributed by atoms with E-state index < -0.39 is 10.0 Å². The summed E-state index contributed by atoms with van der Waals surface area (Å²) < 4.78 is 33.2. The number of allylic oxidation sites excluding steroid dienone is 2. The Morgan fingerprint density at radius 1 is 1.03 bits per heavy atom. The van der Waals surface area contributed by atoms with Crippen molar-refractivity contribution in [1.82, 2.24) is 4.31 Å². The van der Waals surface area contributed by atoms with Crippen molar-refractivity contribution in [2.45, 2.75) is 82.1 Å². The van der Waals surface area contributed by atoms with Gasteiger partial charge in [0.2, 0.25) is 10.0 Å². The van der Waals surface area contributed by atoms with Gasteiger partial charge in [-0.2, -0.15) is 4.31 Å². The molecule has 1 unspecified atom stereocenters. The van der Waals surface area contributed by atoms with Gasteiger partial charge >= 0.3 is 0 Å². The Morgan fingerprint density at radius 3 is 2.35 bits per heavy atom. The van der Waals surface area contributed by atoms with Gasteiger partial charge in [0.25, 0.3) is 0 Å². The Hall–Kier alpha value is -1.08. The zero-order valence-corrected chi connectivity index (χ0v) is 20.8. The number of ether oxygens (including phenoxy) is 1. The molecule has 0 amide bonds. The number of halogens is 1. The molecule has 7 heteroatoms. The molecule has 1 aliphatic heterocycles. The van der Waals surface area contributed by atoms with Gasteiger partial charge < -0.3 is 22.5 Å². The molecular weight excluding hydrogens is 432 g/mol. The maximum Gasteiger partial charge on any atom is 0.243 e. The van der Waals surface area contributed by atoms with Gasteiger partial charge in [0, 0.05) is 0 Å². The first kappa shape index (κ1) is 28.0. The van der Waals surface area contributed by atoms with Crippen LogP contribution in [-0.2, 0) is 10.0 Å². The van der Waals surface area contributed by atoms with Crippen molar-refractivity contribution in [1.29, 1.82) is 0 Å². The van der Waals surface area contributed by atoms with E-state index in [0.717, 1.165) is 25.9 Å². The smallest absolute Gasteiger partial charge is 0.243 e. The van der Waals surface area contributed by atoms with Crippen LogP contribution in [0.15, 0.2) is 41.3 Å². The third kappa shape index (κ3) is 9.52. The lowest BCUT2D eigenvalue weighted by molar-refractivity contribution is -0.667. The second kappa shape index (κ2) is 15.7. The average molecular weight is 473 g/mol. The molecule has 1 saturated heterocycles. The minimum absolute atomic E-state index is 0. The molecule has 1 heterocycles. The second-order valence-corrected chi connectivity index (χ2v) is 10.1. The van der Waals surface area contributed by atoms with E-state index in [4.69, 9.17) is 4.74 Å². The summed E-state index contributed by atoms with van der Waals surface area (Å²) in [6.45, 7) is 4.51. The van der Waals surface area contributed by atoms with Crippen LogP contribution in [0.2, 0.25) is 0 Å². The molecule has 2 rings (SSSR count). The van der Waals surface area contributed by atoms with Crippen LogP contribution in [0.25, 0.3) is 0 Å². The van der Waals surface area contributed by atoms with E-state index in [1.165, 1.54) is 51.4 Å². The molecule has 1 aromatic carbocycles. The summed E-state index contributed by atoms with van der Waals surface area (Å²) in [5.41, 5.74) is 0. The van der Waals surface area contributed by atoms with Crippen LogP contribution >= 0.6 is 0 Å². The second-order valence-electron chi connectivity index (χ2n) is 8.22. The number of sulfonamides is 1. The van der Waals surface area contributed by atoms with Gasteiger partial charge in [0.15, 0.2) is 0 Å². The molecule has 31 heavy (non-hydrogen) atoms. The average Bonchev–Trinajstić information content (AvgIpc) is 2.77. The Labute approximate surface area is 196 Å². The van der Waals surface area contributed by atoms with Crippen molar-refractivity contribution >= 4 is 10.0 Å². The van der Waals surface area contributed by atoms with Crippen molar-refractivity contribution in [3.8, 4) is 5.75 Å². The fourth-order valence-corrected chi connectivity index (χ4v) is 5.70. The van der Waals surface area contributed by atoms with Crippen molar-refractivity contribution in [3.05, 3.63) is 36.4 Å². The highest BCUT2D eigenvalue weighted by molar-refractivity contribution is 7.89. The Kier molecular flexibility index (Phi) is 14.1. The van der Waals surface area contributed by atoms with E-state index in [2.05, 4.69) is 24.4 Å². The SMILES string of the molecule is CCCC/C=C/CCCCCCCC1C[NH2+]CCN1S(=O)(=O)c1ccc(OC)cc1.[Cl-]. The van der Waals surface area contributed by atoms with Gasteiger partial charge in [-0.1, -0.05) is 57.6 Å². The molecule has 1 aromatic rings. The zero-order valence-electron chi connectivity index (χ0n) is 19.3. The lowest BCUT2D eigenvalue weighted by Crippen LogP contribution is -3.00. The van der Waals surface area contributed by atoms with Crippen molar-refractivity contribution in [2.24, 2.45) is 0 Å². The fraction of sp³-hybridized carbons (Fsp3) is 0.667. The summed E-state index contributed by atoms with van der Waals surface area (Å²) in [5.74, 6) is 0.675. The number of rotatable bonds is 14. The summed E-state index contributed by atoms with van der Waals surface area (Å²) in [6.07, 6.45) is 16.6. The van der Waals surface area contributed by atoms with E-state index in [9.17, 15) is 8.42 Å². The van der Waals surface area contributed by atoms with Gasteiger partial charge in [-0.05, 0) is 49.9 Å². The van der Waals surface area contributed by atoms with E-state index in [1.807, 2.05) is 0 Å². The van der Waals surface area contributed by atoms with E-state index >= 15 is 0 Å². The van der Waals surface area contributed by atoms with Crippen LogP contribution in [-0.4, -0.2) is 45.5 Å². The number of quaternary nitrogens is 1. The molecule has 1 aliphatic rings. The molecule has 0 bridgehead atoms. The number of hydrogen-bond donors (Lipinski definition) is 1. The summed E-state index contributed by atoms with van der Waals surface area (Å²) in [7, 11) is -1.86. The standard InChI is InChI=1S/C24H40N2O3S.ClH/c1-3-4-5-6-7-8-9-10-11-12-13-14-22-21-25-19-20-26(22)30(27,28)24-17-15-23(29-2)16-18-24;/h6-7,15-18,22,25H,3-5,8-14,19-21H2,1-2H3;1H/b7-6+;. The molecule has 0 spiro atoms. The summed E-state index contributed by atoms with van der Waals surface area (Å²) in [5, 5.41) is 2.25. The van der Waals surface area contributed by atoms with Crippen molar-refractivity contribution in [2.75, 3.05) is 26.7 Å². The highest BCUT2D eigenvalue weighted by atomic mass is 35.5. The lowest BCUT2D eigenvalue weighted by atomic mass is 10.0. The molecule has 0 aromatic heterocycles. The monoisotopic (exact) mass is 472 g/mol. The van der Waals surface area contributed by atoms with E-state index in [0.29, 0.717) is 17.2 Å². The third-order valence-electron chi connectivity index (χ3n) is 5.86. The third-order valence-corrected chi connectivity index (χ3v) is 7.83. The summed E-state index contributed by atoms with van der Waals surface area (Å²) in [4.78, 5) is 0.363. The number of hydrogen-bond acceptors (Lipinski definition) is 3. The first-order chi connectivity index (χ1) is 14.6. The first-order valence-corrected chi connectivity index (χ1v) is 13.2. The van der Waals surface area contributed by atoms with Gasteiger partial charge in [0.1, 0.15) is 5.75 Å². The summed E-state index contributed by atoms with van der Waals surface area (Å²) in [6, 6.07) is 6.83. The normalized spacial score (nSPS) is 17.5. The fourth-order valence-electron chi connectivity index (χ4n) is 4.02. The molecule has 0 radical (unpaired) electrons. The number of unbranched alkanes of at least 4 members (excludes halogenated alkanes) is 7. The predicted octanol–water partition coefficient (Wildman–Crippen LogP) is 1.11. The van der Waals surface area contributed by atoms with E-state index in [1.54, 1.807) is 35.7 Å². The maximum atomic E-state index is 13.2. The number of benzene rings is 1. The first-order valence-electron chi connectivity index (χ1n) is 11.7. The molecule has 1 fully saturated rings. The molecule has 5 nitrogen and oxygen atoms in total. The molecule has 1 atom stereocenters. The zero-order chi connectivity index (χ0) is 21.7. The van der Waals surface area contributed by atoms with Crippen molar-refractivity contribution < 1.29 is 30.9 Å². The quantitative estimate of drug-likeness (QED) is 0.326. The number of nitrogens with zero attached hydrogens (tertiary/aromatic N) is 1. The molecule has 0 aliphatic carbocycles. The number of methoxy groups -OCH3 is 1. The van der Waals surface area contributed by atoms with E-state index in [-0.39, 0.29) is 18.4 Å². The Balaban J connectivity index is 0.00000480. The Bertz CT molecular complexity index is 723. The minimum atomic E-state index is -3.45. The Morgan fingerprint density at radius 2 is 1.68 bits per heavy atom. The lowest BCUT2D eigenvalue weighted by Gasteiger charge is -2.33. The molecule has 178 valence electrons. The van der Waals surface area contributed by atoms with Crippen LogP contribution in [0.5, 0.6) is 5.75 Å². The topological polar surface area (TPSA) is 63.2 Å². The largest absolute Gasteiger partial charge is 1.00 e. The van der Waals surface area contributed by atoms with Crippen LogP contribution in [0.4, 0.5) is 0 Å². The van der Waals surface area contributed by atoms with Crippen LogP contribution in [0.3, 0.4) is 0 Å². The van der Waals surface area contributed by atoms with Gasteiger partial charge in [-0.25, -0.2) is 8.42 Å². The number of piperazine rings is 1. The van der Waals surface area contributed by atoms with Gasteiger partial charge in [-0.3, -0.25) is 0 Å². The predicted molar refractivity (Wildman–Crippen MR) is 123 cm³/mol. The van der Waals surface area contributed by atoms with Crippen molar-refractivity contribution in [3.63, 3.8) is 0 Å². The maximum absolute atomic E-state index is 13.2. The molecule has 2 N–H and O–H groups in total. The van der Waals surface area contributed by atoms with Gasteiger partial charge in [-0.15, -0.1) is 0 Å². The molecular formula is C24H41ClN2O3S. The van der Waals surface area contributed by atoms with Crippen LogP contribution < -0.4 is 22.5 Å². The molecule has 0 saturated carbocycles. The van der Waals surface area contributed by atoms with Gasteiger partial charge in [0.05, 0.1) is 37.7 Å². The minimum Gasteiger partial charge on any atom is -1.00 e. The highest BCUT2D eigenvalue weighted by Crippen LogP contribution is 2.23. The summed E-state index contributed by atoms with van der Waals surface area (Å²) >= 11 is 0.